The summed E-state index contributed by atoms with van der Waals surface area (Å²) in [7, 11) is 0. The van der Waals surface area contributed by atoms with E-state index in [-0.39, 0.29) is 22.5 Å². The lowest BCUT2D eigenvalue weighted by Gasteiger charge is -2.43. The van der Waals surface area contributed by atoms with Gasteiger partial charge in [0, 0.05) is 17.5 Å². The summed E-state index contributed by atoms with van der Waals surface area (Å²) in [5.41, 5.74) is -4.07. The highest BCUT2D eigenvalue weighted by molar-refractivity contribution is 6.09. The van der Waals surface area contributed by atoms with Gasteiger partial charge in [-0.1, -0.05) is 20.8 Å². The lowest BCUT2D eigenvalue weighted by Crippen LogP contribution is -2.54. The van der Waals surface area contributed by atoms with Crippen LogP contribution in [-0.4, -0.2) is 34.9 Å². The van der Waals surface area contributed by atoms with E-state index in [0.717, 1.165) is 29.5 Å². The number of rotatable bonds is 3. The maximum Gasteiger partial charge on any atom is 0.417 e. The molecule has 2 unspecified atom stereocenters. The van der Waals surface area contributed by atoms with Crippen LogP contribution in [0.1, 0.15) is 45.6 Å². The average molecular weight is 480 g/mol. The van der Waals surface area contributed by atoms with Gasteiger partial charge in [-0.25, -0.2) is 14.4 Å². The summed E-state index contributed by atoms with van der Waals surface area (Å²) in [6, 6.07) is 2.73. The van der Waals surface area contributed by atoms with Gasteiger partial charge in [-0.2, -0.15) is 13.2 Å². The van der Waals surface area contributed by atoms with Crippen LogP contribution in [0.25, 0.3) is 11.0 Å². The monoisotopic (exact) mass is 480 g/mol. The zero-order valence-corrected chi connectivity index (χ0v) is 18.7. The molecule has 0 radical (unpaired) electrons. The molecule has 0 bridgehead atoms. The minimum atomic E-state index is -4.78. The number of alkyl halides is 3. The molecular formula is C23H23F3N2O6. The van der Waals surface area contributed by atoms with Crippen molar-refractivity contribution in [2.45, 2.75) is 51.7 Å². The fourth-order valence-electron chi connectivity index (χ4n) is 5.38. The molecule has 1 aliphatic heterocycles. The number of halogens is 3. The van der Waals surface area contributed by atoms with E-state index in [9.17, 15) is 32.3 Å². The Balaban J connectivity index is 1.52. The van der Waals surface area contributed by atoms with Crippen molar-refractivity contribution in [1.82, 2.24) is 10.2 Å². The van der Waals surface area contributed by atoms with Gasteiger partial charge in [0.1, 0.15) is 23.4 Å². The van der Waals surface area contributed by atoms with Crippen LogP contribution in [0.3, 0.4) is 0 Å². The fraction of sp³-hybridized carbons (Fsp3) is 0.478. The minimum Gasteiger partial charge on any atom is -0.425 e. The number of esters is 1. The first-order chi connectivity index (χ1) is 15.7. The Morgan fingerprint density at radius 2 is 1.91 bits per heavy atom. The summed E-state index contributed by atoms with van der Waals surface area (Å²) in [6.45, 7) is 5.36. The fourth-order valence-corrected chi connectivity index (χ4v) is 5.38. The number of nitrogens with zero attached hydrogens (tertiary/aromatic N) is 1. The van der Waals surface area contributed by atoms with Crippen molar-refractivity contribution in [2.75, 3.05) is 6.54 Å². The zero-order valence-electron chi connectivity index (χ0n) is 18.7. The van der Waals surface area contributed by atoms with E-state index in [1.165, 1.54) is 0 Å². The van der Waals surface area contributed by atoms with Crippen molar-refractivity contribution in [3.05, 3.63) is 40.2 Å². The SMILES string of the molecule is CC1CC(C)(C)CC2(C1)NC(=O)N(CC(=O)Oc1ccc3c(C(F)(F)F)cc(=O)oc3c1)C2=O. The minimum absolute atomic E-state index is 0.179. The third kappa shape index (κ3) is 4.38. The normalized spacial score (nSPS) is 24.5. The number of ether oxygens (including phenoxy) is 1. The summed E-state index contributed by atoms with van der Waals surface area (Å²) < 4.78 is 49.5. The van der Waals surface area contributed by atoms with Crippen molar-refractivity contribution in [1.29, 1.82) is 0 Å². The van der Waals surface area contributed by atoms with Crippen molar-refractivity contribution in [2.24, 2.45) is 11.3 Å². The quantitative estimate of drug-likeness (QED) is 0.310. The molecule has 1 aromatic heterocycles. The molecule has 3 amide bonds. The second-order valence-electron chi connectivity index (χ2n) is 9.87. The molecule has 1 saturated carbocycles. The Bertz CT molecular complexity index is 1250. The van der Waals surface area contributed by atoms with Gasteiger partial charge in [-0.15, -0.1) is 0 Å². The Morgan fingerprint density at radius 3 is 2.56 bits per heavy atom. The summed E-state index contributed by atoms with van der Waals surface area (Å²) in [5, 5.41) is 2.37. The van der Waals surface area contributed by atoms with Gasteiger partial charge in [-0.05, 0) is 42.7 Å². The first kappa shape index (κ1) is 23.8. The molecule has 8 nitrogen and oxygen atoms in total. The van der Waals surface area contributed by atoms with Crippen LogP contribution in [0, 0.1) is 11.3 Å². The summed E-state index contributed by atoms with van der Waals surface area (Å²) in [6.07, 6.45) is -2.99. The van der Waals surface area contributed by atoms with Gasteiger partial charge in [0.25, 0.3) is 5.91 Å². The molecule has 2 aromatic rings. The smallest absolute Gasteiger partial charge is 0.417 e. The molecule has 34 heavy (non-hydrogen) atoms. The summed E-state index contributed by atoms with van der Waals surface area (Å²) in [5.74, 6) is -1.49. The van der Waals surface area contributed by atoms with Crippen LogP contribution in [0.15, 0.2) is 33.5 Å². The van der Waals surface area contributed by atoms with Crippen LogP contribution in [0.5, 0.6) is 5.75 Å². The molecule has 1 N–H and O–H groups in total. The molecule has 182 valence electrons. The number of urea groups is 1. The Morgan fingerprint density at radius 1 is 1.21 bits per heavy atom. The lowest BCUT2D eigenvalue weighted by molar-refractivity contribution is -0.142. The van der Waals surface area contributed by atoms with Crippen molar-refractivity contribution < 1.29 is 36.7 Å². The highest BCUT2D eigenvalue weighted by Crippen LogP contribution is 2.46. The summed E-state index contributed by atoms with van der Waals surface area (Å²) >= 11 is 0. The van der Waals surface area contributed by atoms with E-state index in [2.05, 4.69) is 5.32 Å². The highest BCUT2D eigenvalue weighted by Gasteiger charge is 2.56. The van der Waals surface area contributed by atoms with Crippen LogP contribution >= 0.6 is 0 Å². The number of hydrogen-bond donors (Lipinski definition) is 1. The molecule has 4 rings (SSSR count). The van der Waals surface area contributed by atoms with Crippen molar-refractivity contribution in [3.8, 4) is 5.75 Å². The largest absolute Gasteiger partial charge is 0.425 e. The number of nitrogens with one attached hydrogen (secondary N) is 1. The number of hydrogen-bond acceptors (Lipinski definition) is 6. The standard InChI is InChI=1S/C23H23F3N2O6/c1-12-8-21(2,3)11-22(9-12)19(31)28(20(32)27-22)10-18(30)33-13-4-5-14-15(23(24,25)26)7-17(29)34-16(14)6-13/h4-7,12H,8-11H2,1-3H3,(H,27,32). The number of fused-ring (bicyclic) bond motifs is 1. The molecule has 2 aliphatic rings. The number of carbonyl (C=O) groups excluding carboxylic acids is 3. The molecule has 1 aromatic carbocycles. The van der Waals surface area contributed by atoms with Gasteiger partial charge in [0.05, 0.1) is 5.56 Å². The highest BCUT2D eigenvalue weighted by atomic mass is 19.4. The first-order valence-electron chi connectivity index (χ1n) is 10.7. The molecule has 2 heterocycles. The predicted octanol–water partition coefficient (Wildman–Crippen LogP) is 3.85. The Hall–Kier alpha value is -3.37. The van der Waals surface area contributed by atoms with Crippen molar-refractivity contribution in [3.63, 3.8) is 0 Å². The zero-order chi connectivity index (χ0) is 25.1. The van der Waals surface area contributed by atoms with E-state index >= 15 is 0 Å². The Kier molecular flexibility index (Phi) is 5.49. The van der Waals surface area contributed by atoms with E-state index in [0.29, 0.717) is 18.9 Å². The van der Waals surface area contributed by atoms with Crippen LogP contribution in [0.4, 0.5) is 18.0 Å². The number of imide groups is 1. The maximum atomic E-state index is 13.2. The average Bonchev–Trinajstić information content (AvgIpc) is 2.88. The molecule has 11 heteroatoms. The van der Waals surface area contributed by atoms with E-state index in [1.807, 2.05) is 20.8 Å². The molecule has 1 spiro atoms. The maximum absolute atomic E-state index is 13.2. The molecule has 2 fully saturated rings. The van der Waals surface area contributed by atoms with Gasteiger partial charge < -0.3 is 14.5 Å². The van der Waals surface area contributed by atoms with Gasteiger partial charge in [0.15, 0.2) is 0 Å². The third-order valence-corrected chi connectivity index (χ3v) is 6.16. The topological polar surface area (TPSA) is 106 Å². The number of carbonyl (C=O) groups is 3. The van der Waals surface area contributed by atoms with Gasteiger partial charge in [0.2, 0.25) is 0 Å². The molecular weight excluding hydrogens is 457 g/mol. The number of amides is 3. The van der Waals surface area contributed by atoms with Crippen molar-refractivity contribution >= 4 is 28.9 Å². The van der Waals surface area contributed by atoms with E-state index < -0.39 is 52.9 Å². The van der Waals surface area contributed by atoms with Gasteiger partial charge in [-0.3, -0.25) is 9.69 Å². The van der Waals surface area contributed by atoms with Crippen LogP contribution in [0.2, 0.25) is 0 Å². The van der Waals surface area contributed by atoms with E-state index in [1.54, 1.807) is 0 Å². The van der Waals surface area contributed by atoms with Crippen LogP contribution < -0.4 is 15.7 Å². The second-order valence-corrected chi connectivity index (χ2v) is 9.87. The Labute approximate surface area is 192 Å². The molecule has 1 saturated heterocycles. The number of benzene rings is 1. The van der Waals surface area contributed by atoms with E-state index in [4.69, 9.17) is 9.15 Å². The predicted molar refractivity (Wildman–Crippen MR) is 113 cm³/mol. The van der Waals surface area contributed by atoms with Crippen LogP contribution in [-0.2, 0) is 15.8 Å². The molecule has 1 aliphatic carbocycles. The second kappa shape index (κ2) is 7.85. The molecule has 2 atom stereocenters. The summed E-state index contributed by atoms with van der Waals surface area (Å²) in [4.78, 5) is 50.5. The van der Waals surface area contributed by atoms with Gasteiger partial charge >= 0.3 is 23.8 Å². The lowest BCUT2D eigenvalue weighted by atomic mass is 9.64. The first-order valence-corrected chi connectivity index (χ1v) is 10.7. The third-order valence-electron chi connectivity index (χ3n) is 6.16.